The smallest absolute Gasteiger partial charge is 0.339 e. The number of fused-ring (bicyclic) bond motifs is 1. The van der Waals surface area contributed by atoms with Crippen molar-refractivity contribution >= 4 is 22.0 Å². The maximum absolute atomic E-state index is 13.0. The van der Waals surface area contributed by atoms with E-state index in [1.54, 1.807) is 30.6 Å². The molecule has 0 radical (unpaired) electrons. The largest absolute Gasteiger partial charge is 0.452 e. The van der Waals surface area contributed by atoms with Crippen LogP contribution in [0.2, 0.25) is 0 Å². The van der Waals surface area contributed by atoms with Gasteiger partial charge in [0.05, 0.1) is 5.56 Å². The van der Waals surface area contributed by atoms with Crippen molar-refractivity contribution in [2.45, 2.75) is 4.90 Å². The molecule has 0 aliphatic carbocycles. The summed E-state index contributed by atoms with van der Waals surface area (Å²) in [5.41, 5.74) is 0.982. The summed E-state index contributed by atoms with van der Waals surface area (Å²) in [4.78, 5) is 16.2. The molecule has 3 aromatic rings. The van der Waals surface area contributed by atoms with E-state index in [1.165, 1.54) is 18.2 Å². The summed E-state index contributed by atoms with van der Waals surface area (Å²) >= 11 is 0. The van der Waals surface area contributed by atoms with Crippen LogP contribution in [0.1, 0.15) is 15.9 Å². The SMILES string of the molecule is O=C1C(=Cc2cccnc2)Oc2cc(OS(=O)(=O)c3ccc(F)cc3)ccc21. The molecule has 4 rings (SSSR count). The van der Waals surface area contributed by atoms with Gasteiger partial charge < -0.3 is 8.92 Å². The first-order chi connectivity index (χ1) is 13.4. The summed E-state index contributed by atoms with van der Waals surface area (Å²) in [7, 11) is -4.15. The zero-order chi connectivity index (χ0) is 19.7. The summed E-state index contributed by atoms with van der Waals surface area (Å²) in [5.74, 6) is -0.630. The number of carbonyl (C=O) groups is 1. The summed E-state index contributed by atoms with van der Waals surface area (Å²) in [6, 6.07) is 11.9. The van der Waals surface area contributed by atoms with Gasteiger partial charge >= 0.3 is 10.1 Å². The lowest BCUT2D eigenvalue weighted by atomic mass is 10.1. The number of allylic oxidation sites excluding steroid dienone is 1. The standard InChI is InChI=1S/C20H12FNO5S/c21-14-3-6-16(7-4-14)28(24,25)27-15-5-8-17-18(11-15)26-19(20(17)23)10-13-2-1-9-22-12-13/h1-12H. The Morgan fingerprint density at radius 1 is 1.07 bits per heavy atom. The Balaban J connectivity index is 1.60. The number of ketones is 1. The molecule has 1 aliphatic rings. The minimum Gasteiger partial charge on any atom is -0.452 e. The van der Waals surface area contributed by atoms with E-state index >= 15 is 0 Å². The average molecular weight is 397 g/mol. The van der Waals surface area contributed by atoms with Gasteiger partial charge in [-0.15, -0.1) is 0 Å². The van der Waals surface area contributed by atoms with E-state index in [0.29, 0.717) is 11.1 Å². The quantitative estimate of drug-likeness (QED) is 0.494. The first kappa shape index (κ1) is 17.9. The molecule has 0 atom stereocenters. The monoisotopic (exact) mass is 397 g/mol. The Morgan fingerprint density at radius 2 is 1.86 bits per heavy atom. The number of halogens is 1. The number of hydrogen-bond donors (Lipinski definition) is 0. The van der Waals surface area contributed by atoms with Gasteiger partial charge in [-0.2, -0.15) is 8.42 Å². The van der Waals surface area contributed by atoms with E-state index < -0.39 is 15.9 Å². The summed E-state index contributed by atoms with van der Waals surface area (Å²) in [6.45, 7) is 0. The Kier molecular flexibility index (Phi) is 4.40. The van der Waals surface area contributed by atoms with Crippen molar-refractivity contribution in [1.82, 2.24) is 4.98 Å². The van der Waals surface area contributed by atoms with E-state index in [1.807, 2.05) is 0 Å². The van der Waals surface area contributed by atoms with Crippen LogP contribution in [0.15, 0.2) is 77.6 Å². The number of carbonyl (C=O) groups excluding carboxylic acids is 1. The van der Waals surface area contributed by atoms with Gasteiger partial charge in [-0.25, -0.2) is 4.39 Å². The Hall–Kier alpha value is -3.52. The predicted octanol–water partition coefficient (Wildman–Crippen LogP) is 3.60. The molecule has 0 bridgehead atoms. The van der Waals surface area contributed by atoms with Crippen LogP contribution in [-0.4, -0.2) is 19.2 Å². The minimum atomic E-state index is -4.15. The second kappa shape index (κ2) is 6.90. The molecule has 0 spiro atoms. The molecule has 6 nitrogen and oxygen atoms in total. The van der Waals surface area contributed by atoms with Crippen molar-refractivity contribution < 1.29 is 26.5 Å². The highest BCUT2D eigenvalue weighted by Crippen LogP contribution is 2.35. The van der Waals surface area contributed by atoms with E-state index in [9.17, 15) is 17.6 Å². The lowest BCUT2D eigenvalue weighted by Crippen LogP contribution is -2.09. The molecule has 1 aliphatic heterocycles. The van der Waals surface area contributed by atoms with E-state index in [0.717, 1.165) is 24.3 Å². The van der Waals surface area contributed by atoms with Gasteiger partial charge in [-0.3, -0.25) is 9.78 Å². The molecule has 2 heterocycles. The van der Waals surface area contributed by atoms with Crippen LogP contribution in [0.25, 0.3) is 6.08 Å². The van der Waals surface area contributed by atoms with Gasteiger partial charge in [0.25, 0.3) is 0 Å². The fourth-order valence-electron chi connectivity index (χ4n) is 2.61. The highest BCUT2D eigenvalue weighted by atomic mass is 32.2. The summed E-state index contributed by atoms with van der Waals surface area (Å²) in [6.07, 6.45) is 4.74. The Labute approximate surface area is 160 Å². The highest BCUT2D eigenvalue weighted by Gasteiger charge is 2.28. The number of aromatic nitrogens is 1. The molecule has 0 fully saturated rings. The van der Waals surface area contributed by atoms with E-state index in [-0.39, 0.29) is 27.9 Å². The molecule has 0 unspecified atom stereocenters. The fraction of sp³-hybridized carbons (Fsp3) is 0. The van der Waals surface area contributed by atoms with E-state index in [2.05, 4.69) is 4.98 Å². The van der Waals surface area contributed by atoms with Crippen molar-refractivity contribution in [3.63, 3.8) is 0 Å². The predicted molar refractivity (Wildman–Crippen MR) is 97.8 cm³/mol. The molecular weight excluding hydrogens is 385 g/mol. The van der Waals surface area contributed by atoms with Crippen LogP contribution in [0.4, 0.5) is 4.39 Å². The van der Waals surface area contributed by atoms with Gasteiger partial charge in [-0.05, 0) is 54.1 Å². The lowest BCUT2D eigenvalue weighted by molar-refractivity contribution is 0.101. The van der Waals surface area contributed by atoms with Crippen molar-refractivity contribution in [2.24, 2.45) is 0 Å². The number of nitrogens with zero attached hydrogens (tertiary/aromatic N) is 1. The van der Waals surface area contributed by atoms with Crippen LogP contribution >= 0.6 is 0 Å². The second-order valence-corrected chi connectivity index (χ2v) is 7.42. The van der Waals surface area contributed by atoms with Crippen LogP contribution in [-0.2, 0) is 10.1 Å². The molecule has 8 heteroatoms. The molecule has 0 saturated carbocycles. The lowest BCUT2D eigenvalue weighted by Gasteiger charge is -2.07. The zero-order valence-electron chi connectivity index (χ0n) is 14.2. The number of benzene rings is 2. The highest BCUT2D eigenvalue weighted by molar-refractivity contribution is 7.87. The van der Waals surface area contributed by atoms with Crippen molar-refractivity contribution in [3.05, 3.63) is 89.7 Å². The first-order valence-electron chi connectivity index (χ1n) is 8.11. The van der Waals surface area contributed by atoms with Crippen molar-refractivity contribution in [3.8, 4) is 11.5 Å². The third kappa shape index (κ3) is 3.49. The molecule has 28 heavy (non-hydrogen) atoms. The Morgan fingerprint density at radius 3 is 2.57 bits per heavy atom. The summed E-state index contributed by atoms with van der Waals surface area (Å²) < 4.78 is 48.2. The van der Waals surface area contributed by atoms with Crippen LogP contribution < -0.4 is 8.92 Å². The number of hydrogen-bond acceptors (Lipinski definition) is 6. The molecule has 140 valence electrons. The second-order valence-electron chi connectivity index (χ2n) is 5.88. The van der Waals surface area contributed by atoms with Gasteiger partial charge in [0.2, 0.25) is 5.78 Å². The number of pyridine rings is 1. The third-order valence-electron chi connectivity index (χ3n) is 3.93. The molecular formula is C20H12FNO5S. The average Bonchev–Trinajstić information content (AvgIpc) is 2.97. The fourth-order valence-corrected chi connectivity index (χ4v) is 3.53. The topological polar surface area (TPSA) is 82.6 Å². The van der Waals surface area contributed by atoms with Crippen molar-refractivity contribution in [1.29, 1.82) is 0 Å². The molecule has 1 aromatic heterocycles. The third-order valence-corrected chi connectivity index (χ3v) is 5.19. The van der Waals surface area contributed by atoms with Gasteiger partial charge in [0, 0.05) is 18.5 Å². The maximum Gasteiger partial charge on any atom is 0.339 e. The van der Waals surface area contributed by atoms with Crippen LogP contribution in [0.3, 0.4) is 0 Å². The van der Waals surface area contributed by atoms with Gasteiger partial charge in [-0.1, -0.05) is 6.07 Å². The van der Waals surface area contributed by atoms with Crippen LogP contribution in [0.5, 0.6) is 11.5 Å². The van der Waals surface area contributed by atoms with Crippen molar-refractivity contribution in [2.75, 3.05) is 0 Å². The molecule has 0 N–H and O–H groups in total. The Bertz CT molecular complexity index is 1190. The van der Waals surface area contributed by atoms with Crippen LogP contribution in [0, 0.1) is 5.82 Å². The molecule has 0 amide bonds. The minimum absolute atomic E-state index is 0.0292. The van der Waals surface area contributed by atoms with Gasteiger partial charge in [0.1, 0.15) is 22.2 Å². The summed E-state index contributed by atoms with van der Waals surface area (Å²) in [5, 5.41) is 0. The molecule has 2 aromatic carbocycles. The van der Waals surface area contributed by atoms with E-state index in [4.69, 9.17) is 8.92 Å². The number of ether oxygens (including phenoxy) is 1. The maximum atomic E-state index is 13.0. The normalized spacial score (nSPS) is 14.6. The number of Topliss-reactive ketones (excluding diaryl/α,β-unsaturated/α-hetero) is 1. The van der Waals surface area contributed by atoms with Gasteiger partial charge in [0.15, 0.2) is 5.76 Å². The zero-order valence-corrected chi connectivity index (χ0v) is 15.0. The first-order valence-corrected chi connectivity index (χ1v) is 9.52. The molecule has 0 saturated heterocycles. The number of rotatable bonds is 4.